The van der Waals surface area contributed by atoms with Crippen molar-refractivity contribution in [2.24, 2.45) is 0 Å². The standard InChI is InChI=1S/C19H20ClN3S/c20-17-8-4-5-9-18(17)21-19(24)23-14-12-22(13-15-23)11-10-16-6-2-1-3-7-16/h1-11H,12-15H2,(H,21,24)/b11-10+. The average Bonchev–Trinajstić information content (AvgIpc) is 2.63. The van der Waals surface area contributed by atoms with Gasteiger partial charge in [-0.05, 0) is 42.2 Å². The van der Waals surface area contributed by atoms with Crippen LogP contribution in [-0.4, -0.2) is 41.1 Å². The molecule has 2 aromatic carbocycles. The first-order valence-electron chi connectivity index (χ1n) is 8.00. The van der Waals surface area contributed by atoms with Crippen LogP contribution in [0.5, 0.6) is 0 Å². The van der Waals surface area contributed by atoms with E-state index in [0.717, 1.165) is 37.0 Å². The molecule has 1 saturated heterocycles. The molecule has 3 nitrogen and oxygen atoms in total. The third-order valence-corrected chi connectivity index (χ3v) is 4.68. The van der Waals surface area contributed by atoms with Gasteiger partial charge < -0.3 is 15.1 Å². The quantitative estimate of drug-likeness (QED) is 0.824. The molecule has 1 aliphatic heterocycles. The zero-order valence-corrected chi connectivity index (χ0v) is 14.9. The summed E-state index contributed by atoms with van der Waals surface area (Å²) < 4.78 is 0. The summed E-state index contributed by atoms with van der Waals surface area (Å²) in [6, 6.07) is 18.0. The lowest BCUT2D eigenvalue weighted by Gasteiger charge is -2.35. The Balaban J connectivity index is 1.50. The van der Waals surface area contributed by atoms with E-state index in [0.29, 0.717) is 5.02 Å². The van der Waals surface area contributed by atoms with Crippen molar-refractivity contribution in [1.29, 1.82) is 0 Å². The topological polar surface area (TPSA) is 18.5 Å². The molecule has 1 fully saturated rings. The average molecular weight is 358 g/mol. The molecule has 24 heavy (non-hydrogen) atoms. The van der Waals surface area contributed by atoms with Crippen molar-refractivity contribution >= 4 is 40.7 Å². The van der Waals surface area contributed by atoms with Gasteiger partial charge in [0.2, 0.25) is 0 Å². The lowest BCUT2D eigenvalue weighted by molar-refractivity contribution is 0.241. The van der Waals surface area contributed by atoms with Crippen molar-refractivity contribution in [3.63, 3.8) is 0 Å². The molecule has 0 bridgehead atoms. The van der Waals surface area contributed by atoms with Crippen LogP contribution in [0.25, 0.3) is 6.08 Å². The van der Waals surface area contributed by atoms with Crippen LogP contribution in [0.3, 0.4) is 0 Å². The van der Waals surface area contributed by atoms with Crippen LogP contribution in [0, 0.1) is 0 Å². The first kappa shape index (κ1) is 16.8. The summed E-state index contributed by atoms with van der Waals surface area (Å²) in [6.07, 6.45) is 4.31. The van der Waals surface area contributed by atoms with Gasteiger partial charge in [0.15, 0.2) is 5.11 Å². The molecule has 5 heteroatoms. The molecule has 1 aliphatic rings. The van der Waals surface area contributed by atoms with Gasteiger partial charge in [-0.2, -0.15) is 0 Å². The molecule has 1 N–H and O–H groups in total. The second-order valence-corrected chi connectivity index (χ2v) is 6.45. The number of hydrogen-bond donors (Lipinski definition) is 1. The molecule has 0 radical (unpaired) electrons. The summed E-state index contributed by atoms with van der Waals surface area (Å²) in [4.78, 5) is 4.51. The minimum absolute atomic E-state index is 0.685. The number of halogens is 1. The van der Waals surface area contributed by atoms with E-state index in [1.54, 1.807) is 0 Å². The fourth-order valence-corrected chi connectivity index (χ4v) is 3.06. The van der Waals surface area contributed by atoms with E-state index in [4.69, 9.17) is 23.8 Å². The van der Waals surface area contributed by atoms with Crippen molar-refractivity contribution in [1.82, 2.24) is 9.80 Å². The molecule has 0 saturated carbocycles. The Morgan fingerprint density at radius 1 is 0.958 bits per heavy atom. The number of para-hydroxylation sites is 1. The monoisotopic (exact) mass is 357 g/mol. The molecule has 2 aromatic rings. The second kappa shape index (κ2) is 8.18. The van der Waals surface area contributed by atoms with Crippen molar-refractivity contribution in [2.45, 2.75) is 0 Å². The first-order chi connectivity index (χ1) is 11.7. The van der Waals surface area contributed by atoms with Gasteiger partial charge in [-0.15, -0.1) is 0 Å². The normalized spacial score (nSPS) is 14.9. The number of thiocarbonyl (C=S) groups is 1. The maximum Gasteiger partial charge on any atom is 0.173 e. The molecular weight excluding hydrogens is 338 g/mol. The van der Waals surface area contributed by atoms with E-state index in [2.05, 4.69) is 51.7 Å². The highest BCUT2D eigenvalue weighted by molar-refractivity contribution is 7.80. The number of piperazine rings is 1. The molecule has 0 aliphatic carbocycles. The van der Waals surface area contributed by atoms with E-state index >= 15 is 0 Å². The third kappa shape index (κ3) is 4.49. The Kier molecular flexibility index (Phi) is 5.72. The largest absolute Gasteiger partial charge is 0.374 e. The summed E-state index contributed by atoms with van der Waals surface area (Å²) in [5.74, 6) is 0. The smallest absolute Gasteiger partial charge is 0.173 e. The van der Waals surface area contributed by atoms with Crippen LogP contribution in [0.15, 0.2) is 60.8 Å². The van der Waals surface area contributed by atoms with Gasteiger partial charge in [-0.1, -0.05) is 54.1 Å². The third-order valence-electron chi connectivity index (χ3n) is 3.99. The molecule has 0 unspecified atom stereocenters. The van der Waals surface area contributed by atoms with Crippen molar-refractivity contribution in [3.8, 4) is 0 Å². The van der Waals surface area contributed by atoms with Crippen LogP contribution >= 0.6 is 23.8 Å². The first-order valence-corrected chi connectivity index (χ1v) is 8.79. The van der Waals surface area contributed by atoms with Gasteiger partial charge in [0, 0.05) is 26.2 Å². The zero-order valence-electron chi connectivity index (χ0n) is 13.4. The Bertz CT molecular complexity index is 710. The van der Waals surface area contributed by atoms with E-state index in [9.17, 15) is 0 Å². The SMILES string of the molecule is S=C(Nc1ccccc1Cl)N1CCN(/C=C/c2ccccc2)CC1. The number of rotatable bonds is 3. The van der Waals surface area contributed by atoms with Gasteiger partial charge in [0.25, 0.3) is 0 Å². The molecule has 0 atom stereocenters. The number of anilines is 1. The molecular formula is C19H20ClN3S. The number of nitrogens with zero attached hydrogens (tertiary/aromatic N) is 2. The molecule has 0 aromatic heterocycles. The van der Waals surface area contributed by atoms with Gasteiger partial charge in [0.1, 0.15) is 0 Å². The fraction of sp³-hybridized carbons (Fsp3) is 0.211. The van der Waals surface area contributed by atoms with Gasteiger partial charge in [0.05, 0.1) is 10.7 Å². The highest BCUT2D eigenvalue weighted by Crippen LogP contribution is 2.21. The van der Waals surface area contributed by atoms with Crippen LogP contribution < -0.4 is 5.32 Å². The summed E-state index contributed by atoms with van der Waals surface area (Å²) in [5.41, 5.74) is 2.08. The Morgan fingerprint density at radius 2 is 1.62 bits per heavy atom. The van der Waals surface area contributed by atoms with Crippen molar-refractivity contribution in [3.05, 3.63) is 71.4 Å². The number of benzene rings is 2. The predicted molar refractivity (Wildman–Crippen MR) is 106 cm³/mol. The van der Waals surface area contributed by atoms with E-state index in [-0.39, 0.29) is 0 Å². The fourth-order valence-electron chi connectivity index (χ4n) is 2.59. The van der Waals surface area contributed by atoms with E-state index in [1.807, 2.05) is 30.3 Å². The summed E-state index contributed by atoms with van der Waals surface area (Å²) >= 11 is 11.7. The highest BCUT2D eigenvalue weighted by atomic mass is 35.5. The second-order valence-electron chi connectivity index (χ2n) is 5.66. The van der Waals surface area contributed by atoms with Gasteiger partial charge in [-0.25, -0.2) is 0 Å². The molecule has 124 valence electrons. The molecule has 0 amide bonds. The van der Waals surface area contributed by atoms with Crippen molar-refractivity contribution in [2.75, 3.05) is 31.5 Å². The number of nitrogens with one attached hydrogen (secondary N) is 1. The Morgan fingerprint density at radius 3 is 2.33 bits per heavy atom. The maximum absolute atomic E-state index is 6.17. The Hall–Kier alpha value is -2.04. The summed E-state index contributed by atoms with van der Waals surface area (Å²) in [5, 5.41) is 4.66. The van der Waals surface area contributed by atoms with Crippen LogP contribution in [0.2, 0.25) is 5.02 Å². The zero-order chi connectivity index (χ0) is 16.8. The molecule has 0 spiro atoms. The Labute approximate surface area is 153 Å². The lowest BCUT2D eigenvalue weighted by Crippen LogP contribution is -2.48. The van der Waals surface area contributed by atoms with Crippen LogP contribution in [0.1, 0.15) is 5.56 Å². The van der Waals surface area contributed by atoms with E-state index in [1.165, 1.54) is 5.56 Å². The maximum atomic E-state index is 6.17. The minimum Gasteiger partial charge on any atom is -0.374 e. The minimum atomic E-state index is 0.685. The number of hydrogen-bond acceptors (Lipinski definition) is 2. The van der Waals surface area contributed by atoms with Crippen molar-refractivity contribution < 1.29 is 0 Å². The van der Waals surface area contributed by atoms with Gasteiger partial charge >= 0.3 is 0 Å². The summed E-state index contributed by atoms with van der Waals surface area (Å²) in [6.45, 7) is 3.70. The van der Waals surface area contributed by atoms with Gasteiger partial charge in [-0.3, -0.25) is 0 Å². The van der Waals surface area contributed by atoms with E-state index < -0.39 is 0 Å². The molecule has 1 heterocycles. The predicted octanol–water partition coefficient (Wildman–Crippen LogP) is 4.33. The molecule has 3 rings (SSSR count). The summed E-state index contributed by atoms with van der Waals surface area (Å²) in [7, 11) is 0. The lowest BCUT2D eigenvalue weighted by atomic mass is 10.2. The van der Waals surface area contributed by atoms with Crippen LogP contribution in [0.4, 0.5) is 5.69 Å². The highest BCUT2D eigenvalue weighted by Gasteiger charge is 2.17. The van der Waals surface area contributed by atoms with Crippen LogP contribution in [-0.2, 0) is 0 Å².